The maximum Gasteiger partial charge on any atom is 0.242 e. The van der Waals surface area contributed by atoms with Gasteiger partial charge in [0.15, 0.2) is 0 Å². The summed E-state index contributed by atoms with van der Waals surface area (Å²) < 4.78 is -0.239. The fourth-order valence-electron chi connectivity index (χ4n) is 3.07. The molecule has 0 spiro atoms. The highest BCUT2D eigenvalue weighted by Crippen LogP contribution is 2.40. The highest BCUT2D eigenvalue weighted by Gasteiger charge is 2.41. The summed E-state index contributed by atoms with van der Waals surface area (Å²) in [5, 5.41) is 3.49. The topological polar surface area (TPSA) is 32.3 Å². The number of hydrogen-bond acceptors (Lipinski definition) is 3. The van der Waals surface area contributed by atoms with Gasteiger partial charge < -0.3 is 10.2 Å². The zero-order valence-corrected chi connectivity index (χ0v) is 13.0. The Hall–Kier alpha value is -1.00. The Balaban J connectivity index is 1.96. The molecule has 1 fully saturated rings. The van der Waals surface area contributed by atoms with E-state index in [0.29, 0.717) is 6.04 Å². The summed E-state index contributed by atoms with van der Waals surface area (Å²) in [7, 11) is 0. The van der Waals surface area contributed by atoms with Crippen molar-refractivity contribution in [2.75, 3.05) is 17.2 Å². The minimum Gasteiger partial charge on any atom is -0.309 e. The number of amides is 1. The molecule has 108 valence electrons. The predicted molar refractivity (Wildman–Crippen MR) is 85.2 cm³/mol. The van der Waals surface area contributed by atoms with Gasteiger partial charge in [0, 0.05) is 24.8 Å². The van der Waals surface area contributed by atoms with Crippen LogP contribution < -0.4 is 10.2 Å². The van der Waals surface area contributed by atoms with Crippen LogP contribution in [0.5, 0.6) is 0 Å². The number of fused-ring (bicyclic) bond motifs is 1. The fourth-order valence-corrected chi connectivity index (χ4v) is 4.33. The standard InChI is InChI=1S/C16H22N2OS/c1-12-11-18(15(19)16(2)8-5-9-20-16)14-7-4-3-6-13(14)10-17-12/h3-4,6-7,12,17H,5,8-11H2,1-2H3. The van der Waals surface area contributed by atoms with Crippen molar-refractivity contribution in [1.29, 1.82) is 0 Å². The van der Waals surface area contributed by atoms with E-state index in [1.807, 2.05) is 28.8 Å². The number of para-hydroxylation sites is 1. The lowest BCUT2D eigenvalue weighted by Crippen LogP contribution is -2.47. The Labute approximate surface area is 125 Å². The van der Waals surface area contributed by atoms with E-state index in [-0.39, 0.29) is 10.7 Å². The largest absolute Gasteiger partial charge is 0.309 e. The summed E-state index contributed by atoms with van der Waals surface area (Å²) in [6.07, 6.45) is 2.15. The Kier molecular flexibility index (Phi) is 3.78. The molecule has 4 heteroatoms. The molecular formula is C16H22N2OS. The number of carbonyl (C=O) groups is 1. The Morgan fingerprint density at radius 2 is 2.25 bits per heavy atom. The zero-order chi connectivity index (χ0) is 14.2. The first-order chi connectivity index (χ1) is 9.60. The average molecular weight is 290 g/mol. The van der Waals surface area contributed by atoms with Gasteiger partial charge in [-0.2, -0.15) is 0 Å². The number of anilines is 1. The molecule has 3 rings (SSSR count). The lowest BCUT2D eigenvalue weighted by atomic mass is 10.0. The number of hydrogen-bond donors (Lipinski definition) is 1. The lowest BCUT2D eigenvalue weighted by molar-refractivity contribution is -0.120. The summed E-state index contributed by atoms with van der Waals surface area (Å²) in [6, 6.07) is 8.59. The van der Waals surface area contributed by atoms with E-state index in [1.54, 1.807) is 0 Å². The summed E-state index contributed by atoms with van der Waals surface area (Å²) in [6.45, 7) is 5.85. The van der Waals surface area contributed by atoms with Gasteiger partial charge >= 0.3 is 0 Å². The van der Waals surface area contributed by atoms with Gasteiger partial charge in [0.2, 0.25) is 5.91 Å². The SMILES string of the molecule is CC1CN(C(=O)C2(C)CCCS2)c2ccccc2CN1. The molecule has 0 saturated carbocycles. The normalized spacial score (nSPS) is 29.9. The highest BCUT2D eigenvalue weighted by atomic mass is 32.2. The van der Waals surface area contributed by atoms with Crippen LogP contribution in [-0.4, -0.2) is 29.0 Å². The maximum absolute atomic E-state index is 13.1. The quantitative estimate of drug-likeness (QED) is 0.863. The van der Waals surface area contributed by atoms with Crippen molar-refractivity contribution in [3.63, 3.8) is 0 Å². The fraction of sp³-hybridized carbons (Fsp3) is 0.562. The van der Waals surface area contributed by atoms with Crippen molar-refractivity contribution < 1.29 is 4.79 Å². The van der Waals surface area contributed by atoms with Crippen molar-refractivity contribution in [1.82, 2.24) is 5.32 Å². The average Bonchev–Trinajstić information content (AvgIpc) is 2.83. The van der Waals surface area contributed by atoms with Crippen molar-refractivity contribution in [2.45, 2.75) is 44.0 Å². The molecule has 0 radical (unpaired) electrons. The lowest BCUT2D eigenvalue weighted by Gasteiger charge is -2.32. The minimum absolute atomic E-state index is 0.239. The van der Waals surface area contributed by atoms with Crippen LogP contribution in [0.2, 0.25) is 0 Å². The molecule has 2 aliphatic rings. The molecule has 1 aromatic carbocycles. The second kappa shape index (κ2) is 5.41. The summed E-state index contributed by atoms with van der Waals surface area (Å²) in [4.78, 5) is 15.1. The van der Waals surface area contributed by atoms with Gasteiger partial charge in [0.05, 0.1) is 4.75 Å². The van der Waals surface area contributed by atoms with Crippen LogP contribution >= 0.6 is 11.8 Å². The third-order valence-electron chi connectivity index (χ3n) is 4.30. The molecule has 0 bridgehead atoms. The van der Waals surface area contributed by atoms with Crippen LogP contribution in [0.4, 0.5) is 5.69 Å². The molecule has 1 amide bonds. The van der Waals surface area contributed by atoms with Crippen LogP contribution in [0, 0.1) is 0 Å². The Bertz CT molecular complexity index is 511. The molecule has 1 aromatic rings. The van der Waals surface area contributed by atoms with E-state index in [9.17, 15) is 4.79 Å². The van der Waals surface area contributed by atoms with Crippen LogP contribution in [0.25, 0.3) is 0 Å². The molecule has 3 nitrogen and oxygen atoms in total. The number of carbonyl (C=O) groups excluding carboxylic acids is 1. The summed E-state index contributed by atoms with van der Waals surface area (Å²) in [5.74, 6) is 1.38. The van der Waals surface area contributed by atoms with Gasteiger partial charge in [0.1, 0.15) is 0 Å². The molecule has 0 aromatic heterocycles. The Morgan fingerprint density at radius 1 is 1.45 bits per heavy atom. The van der Waals surface area contributed by atoms with Crippen molar-refractivity contribution in [2.24, 2.45) is 0 Å². The molecule has 20 heavy (non-hydrogen) atoms. The molecular weight excluding hydrogens is 268 g/mol. The third-order valence-corrected chi connectivity index (χ3v) is 5.80. The number of nitrogens with zero attached hydrogens (tertiary/aromatic N) is 1. The predicted octanol–water partition coefficient (Wildman–Crippen LogP) is 2.80. The van der Waals surface area contributed by atoms with Gasteiger partial charge in [-0.25, -0.2) is 0 Å². The van der Waals surface area contributed by atoms with Crippen LogP contribution in [0.1, 0.15) is 32.3 Å². The van der Waals surface area contributed by atoms with Crippen LogP contribution in [0.3, 0.4) is 0 Å². The maximum atomic E-state index is 13.1. The van der Waals surface area contributed by atoms with E-state index in [0.717, 1.165) is 37.4 Å². The van der Waals surface area contributed by atoms with Gasteiger partial charge in [-0.1, -0.05) is 18.2 Å². The number of benzene rings is 1. The van der Waals surface area contributed by atoms with Gasteiger partial charge in [-0.3, -0.25) is 4.79 Å². The second-order valence-corrected chi connectivity index (χ2v) is 7.61. The summed E-state index contributed by atoms with van der Waals surface area (Å²) in [5.41, 5.74) is 2.31. The Morgan fingerprint density at radius 3 is 3.00 bits per heavy atom. The first-order valence-corrected chi connectivity index (χ1v) is 8.36. The number of rotatable bonds is 1. The molecule has 1 N–H and O–H groups in total. The molecule has 1 saturated heterocycles. The van der Waals surface area contributed by atoms with E-state index >= 15 is 0 Å². The molecule has 0 aliphatic carbocycles. The smallest absolute Gasteiger partial charge is 0.242 e. The monoisotopic (exact) mass is 290 g/mol. The van der Waals surface area contributed by atoms with Crippen molar-refractivity contribution >= 4 is 23.4 Å². The van der Waals surface area contributed by atoms with Crippen LogP contribution in [0.15, 0.2) is 24.3 Å². The van der Waals surface area contributed by atoms with Crippen LogP contribution in [-0.2, 0) is 11.3 Å². The van der Waals surface area contributed by atoms with E-state index in [4.69, 9.17) is 0 Å². The van der Waals surface area contributed by atoms with Gasteiger partial charge in [-0.05, 0) is 44.1 Å². The minimum atomic E-state index is -0.239. The van der Waals surface area contributed by atoms with Gasteiger partial charge in [0.25, 0.3) is 0 Å². The van der Waals surface area contributed by atoms with Gasteiger partial charge in [-0.15, -0.1) is 11.8 Å². The van der Waals surface area contributed by atoms with Crippen molar-refractivity contribution in [3.05, 3.63) is 29.8 Å². The van der Waals surface area contributed by atoms with Crippen molar-refractivity contribution in [3.8, 4) is 0 Å². The molecule has 2 aliphatic heterocycles. The first kappa shape index (κ1) is 14.0. The zero-order valence-electron chi connectivity index (χ0n) is 12.2. The third kappa shape index (κ3) is 2.47. The first-order valence-electron chi connectivity index (χ1n) is 7.37. The van der Waals surface area contributed by atoms with E-state index in [2.05, 4.69) is 31.3 Å². The molecule has 2 heterocycles. The highest BCUT2D eigenvalue weighted by molar-refractivity contribution is 8.01. The summed E-state index contributed by atoms with van der Waals surface area (Å²) >= 11 is 1.82. The number of thioether (sulfide) groups is 1. The second-order valence-electron chi connectivity index (χ2n) is 6.01. The number of nitrogens with one attached hydrogen (secondary N) is 1. The van der Waals surface area contributed by atoms with E-state index < -0.39 is 0 Å². The molecule has 2 atom stereocenters. The van der Waals surface area contributed by atoms with E-state index in [1.165, 1.54) is 5.56 Å². The molecule has 2 unspecified atom stereocenters.